The number of benzene rings is 2. The van der Waals surface area contributed by atoms with Crippen LogP contribution in [0.2, 0.25) is 0 Å². The largest absolute Gasteiger partial charge is 0.497 e. The number of imide groups is 1. The minimum atomic E-state index is -0.167. The predicted molar refractivity (Wildman–Crippen MR) is 90.2 cm³/mol. The molecule has 4 nitrogen and oxygen atoms in total. The molecule has 1 fully saturated rings. The Bertz CT molecular complexity index is 794. The van der Waals surface area contributed by atoms with Crippen molar-refractivity contribution in [2.24, 2.45) is 5.92 Å². The molecule has 24 heavy (non-hydrogen) atoms. The molecule has 1 aliphatic heterocycles. The Morgan fingerprint density at radius 3 is 2.33 bits per heavy atom. The van der Waals surface area contributed by atoms with Crippen LogP contribution >= 0.6 is 0 Å². The van der Waals surface area contributed by atoms with Gasteiger partial charge in [0.1, 0.15) is 5.75 Å². The Labute approximate surface area is 141 Å². The van der Waals surface area contributed by atoms with Crippen LogP contribution in [0.25, 0.3) is 0 Å². The van der Waals surface area contributed by atoms with Crippen molar-refractivity contribution in [1.29, 1.82) is 0 Å². The van der Waals surface area contributed by atoms with Gasteiger partial charge in [-0.25, -0.2) is 0 Å². The lowest BCUT2D eigenvalue weighted by Gasteiger charge is -2.23. The van der Waals surface area contributed by atoms with Crippen LogP contribution in [0.15, 0.2) is 48.5 Å². The minimum absolute atomic E-state index is 0.103. The third-order valence-electron chi connectivity index (χ3n) is 5.21. The average molecular weight is 321 g/mol. The highest BCUT2D eigenvalue weighted by molar-refractivity contribution is 6.21. The maximum absolute atomic E-state index is 12.6. The standard InChI is InChI=1S/C20H19NO3/c1-12(17-11-18(17)13-6-5-7-14(10-13)24-2)21-19(22)15-8-3-4-9-16(15)20(21)23/h3-10,12,17-18H,11H2,1-2H3/t12?,17-,18-/m0/s1. The molecule has 3 atom stereocenters. The quantitative estimate of drug-likeness (QED) is 0.810. The molecule has 2 amide bonds. The molecule has 1 heterocycles. The summed E-state index contributed by atoms with van der Waals surface area (Å²) in [6, 6.07) is 15.0. The molecule has 122 valence electrons. The fourth-order valence-electron chi connectivity index (χ4n) is 3.77. The summed E-state index contributed by atoms with van der Waals surface area (Å²) in [6.45, 7) is 1.98. The highest BCUT2D eigenvalue weighted by Gasteiger charge is 2.49. The van der Waals surface area contributed by atoms with Gasteiger partial charge in [-0.2, -0.15) is 0 Å². The van der Waals surface area contributed by atoms with Gasteiger partial charge in [0.15, 0.2) is 0 Å². The highest BCUT2D eigenvalue weighted by atomic mass is 16.5. The lowest BCUT2D eigenvalue weighted by atomic mass is 10.0. The first-order chi connectivity index (χ1) is 11.6. The van der Waals surface area contributed by atoms with Crippen molar-refractivity contribution in [3.05, 3.63) is 65.2 Å². The van der Waals surface area contributed by atoms with Crippen LogP contribution < -0.4 is 4.74 Å². The van der Waals surface area contributed by atoms with Gasteiger partial charge >= 0.3 is 0 Å². The van der Waals surface area contributed by atoms with E-state index in [4.69, 9.17) is 4.74 Å². The number of amides is 2. The van der Waals surface area contributed by atoms with Gasteiger partial charge in [-0.05, 0) is 55.0 Å². The molecule has 0 radical (unpaired) electrons. The van der Waals surface area contributed by atoms with Crippen molar-refractivity contribution in [1.82, 2.24) is 4.90 Å². The number of methoxy groups -OCH3 is 1. The lowest BCUT2D eigenvalue weighted by Crippen LogP contribution is -2.39. The molecule has 2 aromatic rings. The van der Waals surface area contributed by atoms with E-state index in [-0.39, 0.29) is 17.9 Å². The molecular formula is C20H19NO3. The van der Waals surface area contributed by atoms with E-state index < -0.39 is 0 Å². The second-order valence-corrected chi connectivity index (χ2v) is 6.55. The van der Waals surface area contributed by atoms with Crippen LogP contribution in [-0.4, -0.2) is 29.9 Å². The Hall–Kier alpha value is -2.62. The van der Waals surface area contributed by atoms with Gasteiger partial charge in [-0.3, -0.25) is 14.5 Å². The van der Waals surface area contributed by atoms with Crippen molar-refractivity contribution in [2.75, 3.05) is 7.11 Å². The van der Waals surface area contributed by atoms with Crippen LogP contribution in [0.3, 0.4) is 0 Å². The number of nitrogens with zero attached hydrogens (tertiary/aromatic N) is 1. The molecule has 0 saturated heterocycles. The topological polar surface area (TPSA) is 46.6 Å². The summed E-state index contributed by atoms with van der Waals surface area (Å²) in [7, 11) is 1.66. The number of hydrogen-bond donors (Lipinski definition) is 0. The van der Waals surface area contributed by atoms with E-state index in [2.05, 4.69) is 6.07 Å². The molecule has 0 aromatic heterocycles. The van der Waals surface area contributed by atoms with Crippen LogP contribution in [0.5, 0.6) is 5.75 Å². The monoisotopic (exact) mass is 321 g/mol. The van der Waals surface area contributed by atoms with Gasteiger partial charge in [-0.15, -0.1) is 0 Å². The molecule has 0 bridgehead atoms. The molecule has 2 aliphatic rings. The summed E-state index contributed by atoms with van der Waals surface area (Å²) in [6.07, 6.45) is 0.988. The van der Waals surface area contributed by atoms with E-state index in [1.807, 2.05) is 25.1 Å². The van der Waals surface area contributed by atoms with E-state index in [0.717, 1.165) is 12.2 Å². The van der Waals surface area contributed by atoms with Crippen LogP contribution in [0, 0.1) is 5.92 Å². The third-order valence-corrected chi connectivity index (χ3v) is 5.21. The lowest BCUT2D eigenvalue weighted by molar-refractivity contribution is 0.0578. The second kappa shape index (κ2) is 5.48. The number of hydrogen-bond acceptors (Lipinski definition) is 3. The van der Waals surface area contributed by atoms with E-state index in [0.29, 0.717) is 23.0 Å². The maximum atomic E-state index is 12.6. The van der Waals surface area contributed by atoms with Crippen LogP contribution in [0.1, 0.15) is 45.5 Å². The molecule has 0 spiro atoms. The molecule has 2 aromatic carbocycles. The summed E-state index contributed by atoms with van der Waals surface area (Å²) in [5.41, 5.74) is 2.25. The Morgan fingerprint density at radius 2 is 1.71 bits per heavy atom. The van der Waals surface area contributed by atoms with Gasteiger partial charge in [0, 0.05) is 6.04 Å². The second-order valence-electron chi connectivity index (χ2n) is 6.55. The summed E-state index contributed by atoms with van der Waals surface area (Å²) in [4.78, 5) is 26.7. The molecule has 0 N–H and O–H groups in total. The number of carbonyl (C=O) groups excluding carboxylic acids is 2. The van der Waals surface area contributed by atoms with Crippen molar-refractivity contribution in [3.8, 4) is 5.75 Å². The highest BCUT2D eigenvalue weighted by Crippen LogP contribution is 2.52. The van der Waals surface area contributed by atoms with Crippen molar-refractivity contribution in [3.63, 3.8) is 0 Å². The summed E-state index contributed by atoms with van der Waals surface area (Å²) < 4.78 is 5.29. The number of carbonyl (C=O) groups is 2. The molecule has 4 rings (SSSR count). The first kappa shape index (κ1) is 14.9. The summed E-state index contributed by atoms with van der Waals surface area (Å²) in [5.74, 6) is 1.18. The number of fused-ring (bicyclic) bond motifs is 1. The summed E-state index contributed by atoms with van der Waals surface area (Å²) >= 11 is 0. The van der Waals surface area contributed by atoms with Crippen LogP contribution in [-0.2, 0) is 0 Å². The van der Waals surface area contributed by atoms with Crippen molar-refractivity contribution >= 4 is 11.8 Å². The minimum Gasteiger partial charge on any atom is -0.497 e. The van der Waals surface area contributed by atoms with Gasteiger partial charge in [0.05, 0.1) is 18.2 Å². The van der Waals surface area contributed by atoms with Crippen molar-refractivity contribution < 1.29 is 14.3 Å². The molecule has 1 saturated carbocycles. The Balaban J connectivity index is 1.55. The van der Waals surface area contributed by atoms with E-state index in [1.165, 1.54) is 10.5 Å². The van der Waals surface area contributed by atoms with E-state index in [1.54, 1.807) is 31.4 Å². The predicted octanol–water partition coefficient (Wildman–Crippen LogP) is 3.48. The van der Waals surface area contributed by atoms with Gasteiger partial charge in [0.25, 0.3) is 11.8 Å². The molecule has 1 aliphatic carbocycles. The first-order valence-electron chi connectivity index (χ1n) is 8.22. The summed E-state index contributed by atoms with van der Waals surface area (Å²) in [5, 5.41) is 0. The molecule has 4 heteroatoms. The van der Waals surface area contributed by atoms with Crippen LogP contribution in [0.4, 0.5) is 0 Å². The number of rotatable bonds is 4. The zero-order chi connectivity index (χ0) is 16.8. The SMILES string of the molecule is COc1cccc([C@@H]2C[C@H]2C(C)N2C(=O)c3ccccc3C2=O)c1. The fraction of sp³-hybridized carbons (Fsp3) is 0.300. The zero-order valence-corrected chi connectivity index (χ0v) is 13.7. The zero-order valence-electron chi connectivity index (χ0n) is 13.7. The first-order valence-corrected chi connectivity index (χ1v) is 8.22. The van der Waals surface area contributed by atoms with E-state index >= 15 is 0 Å². The maximum Gasteiger partial charge on any atom is 0.261 e. The van der Waals surface area contributed by atoms with Crippen molar-refractivity contribution in [2.45, 2.75) is 25.3 Å². The normalized spacial score (nSPS) is 23.2. The molecular weight excluding hydrogens is 302 g/mol. The Kier molecular flexibility index (Phi) is 3.41. The number of ether oxygens (including phenoxy) is 1. The van der Waals surface area contributed by atoms with Gasteiger partial charge in [0.2, 0.25) is 0 Å². The fourth-order valence-corrected chi connectivity index (χ4v) is 3.77. The average Bonchev–Trinajstić information content (AvgIpc) is 3.38. The van der Waals surface area contributed by atoms with Gasteiger partial charge in [-0.1, -0.05) is 24.3 Å². The smallest absolute Gasteiger partial charge is 0.261 e. The Morgan fingerprint density at radius 1 is 1.04 bits per heavy atom. The van der Waals surface area contributed by atoms with Gasteiger partial charge < -0.3 is 4.74 Å². The molecule has 1 unspecified atom stereocenters. The van der Waals surface area contributed by atoms with E-state index in [9.17, 15) is 9.59 Å². The third kappa shape index (κ3) is 2.21.